The molecule has 0 aliphatic heterocycles. The second-order valence-corrected chi connectivity index (χ2v) is 3.25. The lowest BCUT2D eigenvalue weighted by Crippen LogP contribution is -2.15. The lowest BCUT2D eigenvalue weighted by Gasteiger charge is -2.12. The molecule has 16 heavy (non-hydrogen) atoms. The van der Waals surface area contributed by atoms with E-state index >= 15 is 0 Å². The summed E-state index contributed by atoms with van der Waals surface area (Å²) in [6.45, 7) is 0. The molecule has 84 valence electrons. The largest absolute Gasteiger partial charge is 0.872 e. The number of ether oxygens (including phenoxy) is 1. The normalized spacial score (nSPS) is 11.0. The van der Waals surface area contributed by atoms with Crippen LogP contribution in [0.3, 0.4) is 0 Å². The van der Waals surface area contributed by atoms with Crippen LogP contribution >= 0.6 is 11.6 Å². The van der Waals surface area contributed by atoms with Crippen LogP contribution in [0, 0.1) is 0 Å². The van der Waals surface area contributed by atoms with E-state index in [0.29, 0.717) is 6.08 Å². The van der Waals surface area contributed by atoms with Gasteiger partial charge in [0, 0.05) is 5.02 Å². The van der Waals surface area contributed by atoms with Crippen LogP contribution in [0.4, 0.5) is 0 Å². The van der Waals surface area contributed by atoms with Gasteiger partial charge in [-0.3, -0.25) is 4.79 Å². The van der Waals surface area contributed by atoms with E-state index in [-0.39, 0.29) is 10.6 Å². The minimum atomic E-state index is -1.08. The second kappa shape index (κ2) is 5.32. The van der Waals surface area contributed by atoms with E-state index in [2.05, 4.69) is 4.74 Å². The molecule has 0 spiro atoms. The quantitative estimate of drug-likeness (QED) is 0.338. The van der Waals surface area contributed by atoms with Crippen molar-refractivity contribution >= 4 is 29.1 Å². The minimum Gasteiger partial charge on any atom is -0.872 e. The van der Waals surface area contributed by atoms with Gasteiger partial charge in [0.1, 0.15) is 0 Å². The van der Waals surface area contributed by atoms with Crippen molar-refractivity contribution < 1.29 is 19.4 Å². The Balaban J connectivity index is 2.99. The number of rotatable bonds is 3. The fourth-order valence-corrected chi connectivity index (χ4v) is 1.25. The van der Waals surface area contributed by atoms with Gasteiger partial charge in [-0.1, -0.05) is 35.6 Å². The topological polar surface area (TPSA) is 66.4 Å². The maximum atomic E-state index is 11.5. The highest BCUT2D eigenvalue weighted by Gasteiger charge is 2.10. The first kappa shape index (κ1) is 12.3. The molecule has 0 amide bonds. The lowest BCUT2D eigenvalue weighted by molar-refractivity contribution is -0.243. The van der Waals surface area contributed by atoms with Crippen LogP contribution in [-0.2, 0) is 14.3 Å². The average Bonchev–Trinajstić information content (AvgIpc) is 2.28. The van der Waals surface area contributed by atoms with Crippen LogP contribution in [0.1, 0.15) is 5.56 Å². The summed E-state index contributed by atoms with van der Waals surface area (Å²) in [6.07, 6.45) is 0.660. The van der Waals surface area contributed by atoms with Crippen molar-refractivity contribution in [3.8, 4) is 0 Å². The molecular formula is C11H8ClO4-. The summed E-state index contributed by atoms with van der Waals surface area (Å²) in [5.41, 5.74) is 0.168. The molecule has 0 aliphatic carbocycles. The number of hydrogen-bond donors (Lipinski definition) is 0. The van der Waals surface area contributed by atoms with E-state index in [4.69, 9.17) is 11.6 Å². The number of halogens is 1. The van der Waals surface area contributed by atoms with Gasteiger partial charge in [0.05, 0.1) is 7.11 Å². The Morgan fingerprint density at radius 2 is 2.00 bits per heavy atom. The van der Waals surface area contributed by atoms with Gasteiger partial charge in [-0.25, -0.2) is 4.79 Å². The van der Waals surface area contributed by atoms with E-state index < -0.39 is 17.5 Å². The van der Waals surface area contributed by atoms with E-state index in [9.17, 15) is 14.7 Å². The molecule has 1 aromatic rings. The predicted molar refractivity (Wildman–Crippen MR) is 56.5 cm³/mol. The zero-order valence-electron chi connectivity index (χ0n) is 8.40. The molecule has 0 saturated heterocycles. The SMILES string of the molecule is COC(=O)C(=O)/C=C(\[O-])c1ccccc1Cl. The molecule has 0 saturated carbocycles. The summed E-state index contributed by atoms with van der Waals surface area (Å²) in [7, 11) is 1.06. The molecule has 0 aliphatic rings. The highest BCUT2D eigenvalue weighted by Crippen LogP contribution is 2.19. The molecule has 4 nitrogen and oxygen atoms in total. The van der Waals surface area contributed by atoms with Crippen molar-refractivity contribution in [1.82, 2.24) is 0 Å². The van der Waals surface area contributed by atoms with Crippen molar-refractivity contribution in [2.24, 2.45) is 0 Å². The molecule has 0 bridgehead atoms. The Hall–Kier alpha value is -1.81. The molecule has 5 heteroatoms. The van der Waals surface area contributed by atoms with E-state index in [1.165, 1.54) is 12.1 Å². The summed E-state index contributed by atoms with van der Waals surface area (Å²) in [5, 5.41) is 11.8. The molecule has 0 N–H and O–H groups in total. The van der Waals surface area contributed by atoms with Gasteiger partial charge in [0.2, 0.25) is 0 Å². The second-order valence-electron chi connectivity index (χ2n) is 2.84. The Bertz CT molecular complexity index is 451. The molecule has 1 aromatic carbocycles. The number of methoxy groups -OCH3 is 1. The third-order valence-corrected chi connectivity index (χ3v) is 2.12. The number of carbonyl (C=O) groups is 2. The third kappa shape index (κ3) is 2.84. The maximum Gasteiger partial charge on any atom is 0.378 e. The fraction of sp³-hybridized carbons (Fsp3) is 0.0909. The molecule has 0 aromatic heterocycles. The summed E-state index contributed by atoms with van der Waals surface area (Å²) in [5.74, 6) is -2.71. The Morgan fingerprint density at radius 3 is 2.56 bits per heavy atom. The standard InChI is InChI=1S/C11H9ClO4/c1-16-11(15)10(14)6-9(13)7-4-2-3-5-8(7)12/h2-6,13H,1H3/p-1/b9-6-. The number of hydrogen-bond acceptors (Lipinski definition) is 4. The first-order valence-electron chi connectivity index (χ1n) is 4.32. The van der Waals surface area contributed by atoms with Gasteiger partial charge in [-0.15, -0.1) is 0 Å². The van der Waals surface area contributed by atoms with Crippen molar-refractivity contribution in [2.75, 3.05) is 7.11 Å². The average molecular weight is 240 g/mol. The van der Waals surface area contributed by atoms with Crippen molar-refractivity contribution in [1.29, 1.82) is 0 Å². The summed E-state index contributed by atoms with van der Waals surface area (Å²) >= 11 is 5.75. The molecular weight excluding hydrogens is 232 g/mol. The van der Waals surface area contributed by atoms with Gasteiger partial charge in [-0.05, 0) is 17.7 Å². The highest BCUT2D eigenvalue weighted by atomic mass is 35.5. The third-order valence-electron chi connectivity index (χ3n) is 1.79. The van der Waals surface area contributed by atoms with Crippen molar-refractivity contribution in [2.45, 2.75) is 0 Å². The number of carbonyl (C=O) groups excluding carboxylic acids is 2. The molecule has 1 rings (SSSR count). The lowest BCUT2D eigenvalue weighted by atomic mass is 10.1. The van der Waals surface area contributed by atoms with Crippen LogP contribution < -0.4 is 5.11 Å². The van der Waals surface area contributed by atoms with Gasteiger partial charge in [0.25, 0.3) is 5.78 Å². The first-order chi connectivity index (χ1) is 7.56. The molecule has 0 unspecified atom stereocenters. The van der Waals surface area contributed by atoms with Gasteiger partial charge in [0.15, 0.2) is 0 Å². The zero-order chi connectivity index (χ0) is 12.1. The van der Waals surface area contributed by atoms with E-state index in [0.717, 1.165) is 7.11 Å². The Morgan fingerprint density at radius 1 is 1.38 bits per heavy atom. The zero-order valence-corrected chi connectivity index (χ0v) is 9.15. The van der Waals surface area contributed by atoms with Crippen LogP contribution in [0.5, 0.6) is 0 Å². The summed E-state index contributed by atoms with van der Waals surface area (Å²) in [4.78, 5) is 21.9. The van der Waals surface area contributed by atoms with Crippen LogP contribution in [-0.4, -0.2) is 18.9 Å². The maximum absolute atomic E-state index is 11.5. The summed E-state index contributed by atoms with van der Waals surface area (Å²) in [6, 6.07) is 6.24. The predicted octanol–water partition coefficient (Wildman–Crippen LogP) is 0.783. The van der Waals surface area contributed by atoms with E-state index in [1.54, 1.807) is 12.1 Å². The Kier molecular flexibility index (Phi) is 4.08. The van der Waals surface area contributed by atoms with Gasteiger partial charge in [-0.2, -0.15) is 0 Å². The number of ketones is 1. The molecule has 0 radical (unpaired) electrons. The monoisotopic (exact) mass is 239 g/mol. The smallest absolute Gasteiger partial charge is 0.378 e. The number of benzene rings is 1. The van der Waals surface area contributed by atoms with Crippen molar-refractivity contribution in [3.05, 3.63) is 40.9 Å². The highest BCUT2D eigenvalue weighted by molar-refractivity contribution is 6.39. The molecule has 0 atom stereocenters. The first-order valence-corrected chi connectivity index (χ1v) is 4.70. The minimum absolute atomic E-state index is 0.168. The van der Waals surface area contributed by atoms with Crippen molar-refractivity contribution in [3.63, 3.8) is 0 Å². The number of esters is 1. The van der Waals surface area contributed by atoms with E-state index in [1.807, 2.05) is 0 Å². The van der Waals surface area contributed by atoms with Crippen LogP contribution in [0.25, 0.3) is 5.76 Å². The van der Waals surface area contributed by atoms with Gasteiger partial charge < -0.3 is 9.84 Å². The molecule has 0 heterocycles. The molecule has 0 fully saturated rings. The van der Waals surface area contributed by atoms with Crippen LogP contribution in [0.15, 0.2) is 30.3 Å². The van der Waals surface area contributed by atoms with Crippen LogP contribution in [0.2, 0.25) is 5.02 Å². The Labute approximate surface area is 97.1 Å². The summed E-state index contributed by atoms with van der Waals surface area (Å²) < 4.78 is 4.17. The van der Waals surface area contributed by atoms with Gasteiger partial charge >= 0.3 is 5.97 Å². The fourth-order valence-electron chi connectivity index (χ4n) is 1.02.